The number of rotatable bonds is 6. The molecule has 0 fully saturated rings. The van der Waals surface area contributed by atoms with Crippen LogP contribution in [-0.2, 0) is 0 Å². The summed E-state index contributed by atoms with van der Waals surface area (Å²) in [7, 11) is 0. The van der Waals surface area contributed by atoms with Gasteiger partial charge < -0.3 is 10.1 Å². The van der Waals surface area contributed by atoms with E-state index in [1.54, 1.807) is 0 Å². The van der Waals surface area contributed by atoms with Crippen molar-refractivity contribution >= 4 is 23.2 Å². The molecule has 2 aromatic carbocycles. The summed E-state index contributed by atoms with van der Waals surface area (Å²) < 4.78 is 5.56. The van der Waals surface area contributed by atoms with Crippen LogP contribution in [0.2, 0.25) is 5.02 Å². The molecule has 2 rings (SSSR count). The number of nitro groups is 1. The highest BCUT2D eigenvalue weighted by Gasteiger charge is 2.15. The second kappa shape index (κ2) is 7.60. The van der Waals surface area contributed by atoms with E-state index in [1.807, 2.05) is 31.2 Å². The van der Waals surface area contributed by atoms with Crippen LogP contribution < -0.4 is 10.1 Å². The van der Waals surface area contributed by atoms with Crippen molar-refractivity contribution in [1.29, 1.82) is 0 Å². The van der Waals surface area contributed by atoms with Crippen molar-refractivity contribution < 1.29 is 14.5 Å². The normalized spacial score (nSPS) is 10.2. The molecule has 0 spiro atoms. The third-order valence-electron chi connectivity index (χ3n) is 3.14. The summed E-state index contributed by atoms with van der Waals surface area (Å²) in [4.78, 5) is 22.2. The van der Waals surface area contributed by atoms with E-state index in [1.165, 1.54) is 12.1 Å². The van der Waals surface area contributed by atoms with Gasteiger partial charge in [-0.25, -0.2) is 0 Å². The molecule has 0 aromatic heterocycles. The molecule has 0 unspecified atom stereocenters. The van der Waals surface area contributed by atoms with Crippen molar-refractivity contribution in [1.82, 2.24) is 5.32 Å². The van der Waals surface area contributed by atoms with Gasteiger partial charge in [0.25, 0.3) is 11.6 Å². The van der Waals surface area contributed by atoms with Crippen LogP contribution in [0, 0.1) is 17.0 Å². The molecule has 2 aromatic rings. The number of amides is 1. The lowest BCUT2D eigenvalue weighted by Gasteiger charge is -2.10. The van der Waals surface area contributed by atoms with Crippen LogP contribution in [0.25, 0.3) is 0 Å². The van der Waals surface area contributed by atoms with Gasteiger partial charge in [-0.3, -0.25) is 14.9 Å². The lowest BCUT2D eigenvalue weighted by Crippen LogP contribution is -2.28. The van der Waals surface area contributed by atoms with Gasteiger partial charge in [-0.2, -0.15) is 0 Å². The van der Waals surface area contributed by atoms with E-state index in [0.717, 1.165) is 17.4 Å². The number of aryl methyl sites for hydroxylation is 1. The Morgan fingerprint density at radius 2 is 2.04 bits per heavy atom. The van der Waals surface area contributed by atoms with Crippen molar-refractivity contribution in [2.45, 2.75) is 6.92 Å². The van der Waals surface area contributed by atoms with Crippen LogP contribution in [0.1, 0.15) is 15.9 Å². The monoisotopic (exact) mass is 334 g/mol. The third kappa shape index (κ3) is 4.43. The maximum absolute atomic E-state index is 12.0. The zero-order valence-electron chi connectivity index (χ0n) is 12.4. The standard InChI is InChI=1S/C16H15ClN2O4/c1-11-4-2-3-5-15(11)23-9-8-18-16(20)13-10-12(19(21)22)6-7-14(13)17/h2-7,10H,8-9H2,1H3,(H,18,20). The summed E-state index contributed by atoms with van der Waals surface area (Å²) in [6.45, 7) is 2.46. The minimum Gasteiger partial charge on any atom is -0.491 e. The fourth-order valence-electron chi connectivity index (χ4n) is 1.94. The Morgan fingerprint density at radius 3 is 2.74 bits per heavy atom. The Kier molecular flexibility index (Phi) is 5.54. The smallest absolute Gasteiger partial charge is 0.270 e. The second-order valence-electron chi connectivity index (χ2n) is 4.79. The van der Waals surface area contributed by atoms with E-state index in [-0.39, 0.29) is 29.4 Å². The maximum Gasteiger partial charge on any atom is 0.270 e. The average Bonchev–Trinajstić information content (AvgIpc) is 2.53. The van der Waals surface area contributed by atoms with E-state index in [2.05, 4.69) is 5.32 Å². The lowest BCUT2D eigenvalue weighted by molar-refractivity contribution is -0.384. The fraction of sp³-hybridized carbons (Fsp3) is 0.188. The first kappa shape index (κ1) is 16.8. The summed E-state index contributed by atoms with van der Waals surface area (Å²) in [5.41, 5.74) is 0.882. The number of nitrogens with one attached hydrogen (secondary N) is 1. The molecular formula is C16H15ClN2O4. The number of nitro benzene ring substituents is 1. The van der Waals surface area contributed by atoms with Crippen molar-refractivity contribution in [3.63, 3.8) is 0 Å². The predicted octanol–water partition coefficient (Wildman–Crippen LogP) is 3.37. The molecule has 1 amide bonds. The second-order valence-corrected chi connectivity index (χ2v) is 5.20. The summed E-state index contributed by atoms with van der Waals surface area (Å²) in [5, 5.41) is 13.5. The molecule has 0 saturated carbocycles. The van der Waals surface area contributed by atoms with Gasteiger partial charge in [0.2, 0.25) is 0 Å². The van der Waals surface area contributed by atoms with Gasteiger partial charge in [-0.15, -0.1) is 0 Å². The minimum atomic E-state index is -0.575. The van der Waals surface area contributed by atoms with Crippen LogP contribution in [0.4, 0.5) is 5.69 Å². The van der Waals surface area contributed by atoms with Crippen LogP contribution in [0.15, 0.2) is 42.5 Å². The first-order valence-electron chi connectivity index (χ1n) is 6.89. The molecule has 120 valence electrons. The zero-order valence-corrected chi connectivity index (χ0v) is 13.2. The Bertz CT molecular complexity index is 734. The van der Waals surface area contributed by atoms with Gasteiger partial charge >= 0.3 is 0 Å². The Morgan fingerprint density at radius 1 is 1.30 bits per heavy atom. The van der Waals surface area contributed by atoms with E-state index in [0.29, 0.717) is 0 Å². The Labute approximate surface area is 138 Å². The third-order valence-corrected chi connectivity index (χ3v) is 3.47. The van der Waals surface area contributed by atoms with E-state index >= 15 is 0 Å². The van der Waals surface area contributed by atoms with Crippen LogP contribution in [0.5, 0.6) is 5.75 Å². The van der Waals surface area contributed by atoms with Crippen molar-refractivity contribution in [3.05, 3.63) is 68.7 Å². The quantitative estimate of drug-likeness (QED) is 0.499. The number of hydrogen-bond donors (Lipinski definition) is 1. The van der Waals surface area contributed by atoms with Crippen molar-refractivity contribution in [2.75, 3.05) is 13.2 Å². The predicted molar refractivity (Wildman–Crippen MR) is 87.1 cm³/mol. The number of nitrogens with zero attached hydrogens (tertiary/aromatic N) is 1. The molecule has 0 radical (unpaired) electrons. The van der Waals surface area contributed by atoms with Gasteiger partial charge in [0.05, 0.1) is 22.1 Å². The number of carbonyl (C=O) groups is 1. The molecule has 0 atom stereocenters. The topological polar surface area (TPSA) is 81.5 Å². The highest BCUT2D eigenvalue weighted by atomic mass is 35.5. The number of ether oxygens (including phenoxy) is 1. The molecule has 7 heteroatoms. The molecule has 6 nitrogen and oxygen atoms in total. The molecule has 23 heavy (non-hydrogen) atoms. The van der Waals surface area contributed by atoms with Gasteiger partial charge in [0.15, 0.2) is 0 Å². The number of para-hydroxylation sites is 1. The molecule has 0 aliphatic heterocycles. The highest BCUT2D eigenvalue weighted by Crippen LogP contribution is 2.22. The molecular weight excluding hydrogens is 320 g/mol. The fourth-order valence-corrected chi connectivity index (χ4v) is 2.14. The van der Waals surface area contributed by atoms with Crippen LogP contribution in [0.3, 0.4) is 0 Å². The van der Waals surface area contributed by atoms with Crippen molar-refractivity contribution in [2.24, 2.45) is 0 Å². The number of non-ortho nitro benzene ring substituents is 1. The number of hydrogen-bond acceptors (Lipinski definition) is 4. The number of carbonyl (C=O) groups excluding carboxylic acids is 1. The van der Waals surface area contributed by atoms with Gasteiger partial charge in [-0.05, 0) is 24.6 Å². The number of benzene rings is 2. The molecule has 0 aliphatic carbocycles. The van der Waals surface area contributed by atoms with Gasteiger partial charge in [0, 0.05) is 12.1 Å². The molecule has 1 N–H and O–H groups in total. The molecule has 0 bridgehead atoms. The largest absolute Gasteiger partial charge is 0.491 e. The zero-order chi connectivity index (χ0) is 16.8. The first-order valence-corrected chi connectivity index (χ1v) is 7.27. The lowest BCUT2D eigenvalue weighted by atomic mass is 10.2. The maximum atomic E-state index is 12.0. The molecule has 0 heterocycles. The highest BCUT2D eigenvalue weighted by molar-refractivity contribution is 6.33. The van der Waals surface area contributed by atoms with Crippen LogP contribution in [-0.4, -0.2) is 24.0 Å². The van der Waals surface area contributed by atoms with Gasteiger partial charge in [-0.1, -0.05) is 29.8 Å². The summed E-state index contributed by atoms with van der Waals surface area (Å²) >= 11 is 5.91. The van der Waals surface area contributed by atoms with E-state index in [4.69, 9.17) is 16.3 Å². The molecule has 0 aliphatic rings. The molecule has 0 saturated heterocycles. The average molecular weight is 335 g/mol. The minimum absolute atomic E-state index is 0.0664. The van der Waals surface area contributed by atoms with Gasteiger partial charge in [0.1, 0.15) is 12.4 Å². The van der Waals surface area contributed by atoms with Crippen molar-refractivity contribution in [3.8, 4) is 5.75 Å². The summed E-state index contributed by atoms with van der Waals surface area (Å²) in [6, 6.07) is 11.3. The van der Waals surface area contributed by atoms with E-state index in [9.17, 15) is 14.9 Å². The Hall–Kier alpha value is -2.60. The summed E-state index contributed by atoms with van der Waals surface area (Å²) in [6.07, 6.45) is 0. The SMILES string of the molecule is Cc1ccccc1OCCNC(=O)c1cc([N+](=O)[O-])ccc1Cl. The summed E-state index contributed by atoms with van der Waals surface area (Å²) in [5.74, 6) is 0.266. The van der Waals surface area contributed by atoms with Crippen LogP contribution >= 0.6 is 11.6 Å². The first-order chi connectivity index (χ1) is 11.0. The van der Waals surface area contributed by atoms with E-state index < -0.39 is 10.8 Å². The Balaban J connectivity index is 1.91. The number of halogens is 1.